The number of benzene rings is 1. The lowest BCUT2D eigenvalue weighted by atomic mass is 9.85. The molecule has 25 heavy (non-hydrogen) atoms. The summed E-state index contributed by atoms with van der Waals surface area (Å²) in [7, 11) is 0. The molecule has 0 amide bonds. The number of nitrogens with zero attached hydrogens (tertiary/aromatic N) is 2. The minimum absolute atomic E-state index is 0. The minimum atomic E-state index is 0. The van der Waals surface area contributed by atoms with Crippen LogP contribution >= 0.6 is 24.0 Å². The van der Waals surface area contributed by atoms with E-state index in [2.05, 4.69) is 39.5 Å². The van der Waals surface area contributed by atoms with Gasteiger partial charge in [0.25, 0.3) is 0 Å². The summed E-state index contributed by atoms with van der Waals surface area (Å²) >= 11 is 0. The molecule has 1 aromatic carbocycles. The van der Waals surface area contributed by atoms with E-state index < -0.39 is 0 Å². The molecule has 1 aliphatic heterocycles. The van der Waals surface area contributed by atoms with Crippen LogP contribution in [0.15, 0.2) is 29.3 Å². The molecule has 140 valence electrons. The molecule has 1 aromatic rings. The molecule has 5 heteroatoms. The first-order chi connectivity index (χ1) is 11.8. The van der Waals surface area contributed by atoms with Gasteiger partial charge >= 0.3 is 0 Å². The molecular weight excluding hydrogens is 423 g/mol. The lowest BCUT2D eigenvalue weighted by Crippen LogP contribution is -2.37. The summed E-state index contributed by atoms with van der Waals surface area (Å²) in [5, 5.41) is 3.28. The average molecular weight is 456 g/mol. The fraction of sp³-hybridized carbons (Fsp3) is 0.650. The van der Waals surface area contributed by atoms with Crippen molar-refractivity contribution < 1.29 is 0 Å². The lowest BCUT2D eigenvalue weighted by molar-refractivity contribution is 0.276. The zero-order valence-electron chi connectivity index (χ0n) is 15.3. The van der Waals surface area contributed by atoms with Crippen molar-refractivity contribution >= 4 is 29.9 Å². The molecule has 2 fully saturated rings. The Morgan fingerprint density at radius 2 is 1.72 bits per heavy atom. The highest BCUT2D eigenvalue weighted by molar-refractivity contribution is 14.0. The molecule has 0 spiro atoms. The van der Waals surface area contributed by atoms with Gasteiger partial charge in [0.2, 0.25) is 0 Å². The Labute approximate surface area is 169 Å². The van der Waals surface area contributed by atoms with E-state index in [1.54, 1.807) is 0 Å². The van der Waals surface area contributed by atoms with E-state index in [0.717, 1.165) is 19.0 Å². The van der Waals surface area contributed by atoms with Crippen LogP contribution in [0.1, 0.15) is 56.1 Å². The minimum Gasteiger partial charge on any atom is -0.370 e. The first-order valence-corrected chi connectivity index (χ1v) is 9.64. The topological polar surface area (TPSA) is 53.6 Å². The Morgan fingerprint density at radius 3 is 2.36 bits per heavy atom. The molecule has 4 nitrogen and oxygen atoms in total. The van der Waals surface area contributed by atoms with E-state index in [9.17, 15) is 0 Å². The van der Waals surface area contributed by atoms with Crippen molar-refractivity contribution in [1.82, 2.24) is 10.2 Å². The van der Waals surface area contributed by atoms with Gasteiger partial charge in [0.05, 0.1) is 6.54 Å². The van der Waals surface area contributed by atoms with Crippen LogP contribution < -0.4 is 11.1 Å². The third-order valence-electron chi connectivity index (χ3n) is 5.43. The molecule has 1 saturated heterocycles. The van der Waals surface area contributed by atoms with Gasteiger partial charge < -0.3 is 11.1 Å². The van der Waals surface area contributed by atoms with Gasteiger partial charge in [0.15, 0.2) is 5.96 Å². The van der Waals surface area contributed by atoms with Crippen LogP contribution in [-0.2, 0) is 13.1 Å². The number of nitrogens with one attached hydrogen (secondary N) is 1. The van der Waals surface area contributed by atoms with Crippen molar-refractivity contribution in [3.8, 4) is 0 Å². The van der Waals surface area contributed by atoms with Crippen molar-refractivity contribution in [2.45, 2.75) is 58.0 Å². The van der Waals surface area contributed by atoms with Crippen LogP contribution in [0.5, 0.6) is 0 Å². The van der Waals surface area contributed by atoms with Crippen molar-refractivity contribution in [3.05, 3.63) is 35.4 Å². The summed E-state index contributed by atoms with van der Waals surface area (Å²) in [5.74, 6) is 1.39. The lowest BCUT2D eigenvalue weighted by Gasteiger charge is -2.25. The van der Waals surface area contributed by atoms with Gasteiger partial charge in [0.1, 0.15) is 0 Å². The summed E-state index contributed by atoms with van der Waals surface area (Å²) in [5.41, 5.74) is 8.73. The molecule has 0 bridgehead atoms. The molecule has 3 N–H and O–H groups in total. The number of nitrogens with two attached hydrogens (primary N) is 1. The predicted octanol–water partition coefficient (Wildman–Crippen LogP) is 3.89. The molecule has 0 atom stereocenters. The van der Waals surface area contributed by atoms with Gasteiger partial charge in [-0.05, 0) is 55.8 Å². The maximum Gasteiger partial charge on any atom is 0.188 e. The van der Waals surface area contributed by atoms with Crippen molar-refractivity contribution in [1.29, 1.82) is 0 Å². The third kappa shape index (κ3) is 6.77. The summed E-state index contributed by atoms with van der Waals surface area (Å²) in [6.07, 6.45) is 9.46. The van der Waals surface area contributed by atoms with Gasteiger partial charge in [-0.1, -0.05) is 43.5 Å². The van der Waals surface area contributed by atoms with Gasteiger partial charge in [-0.15, -0.1) is 24.0 Å². The SMILES string of the molecule is I.NC(=NCc1ccccc1CN1CCCCCC1)NCC1CCC1. The van der Waals surface area contributed by atoms with E-state index >= 15 is 0 Å². The van der Waals surface area contributed by atoms with Crippen molar-refractivity contribution in [2.24, 2.45) is 16.6 Å². The van der Waals surface area contributed by atoms with Crippen LogP contribution in [0, 0.1) is 5.92 Å². The molecule has 1 saturated carbocycles. The second-order valence-electron chi connectivity index (χ2n) is 7.34. The first-order valence-electron chi connectivity index (χ1n) is 9.64. The van der Waals surface area contributed by atoms with Gasteiger partial charge in [-0.2, -0.15) is 0 Å². The molecular formula is C20H33IN4. The molecule has 2 aliphatic rings. The van der Waals surface area contributed by atoms with Crippen LogP contribution in [0.4, 0.5) is 0 Å². The zero-order chi connectivity index (χ0) is 16.6. The first kappa shape index (κ1) is 20.5. The van der Waals surface area contributed by atoms with Crippen LogP contribution in [0.25, 0.3) is 0 Å². The molecule has 3 rings (SSSR count). The number of guanidine groups is 1. The molecule has 1 aliphatic carbocycles. The maximum atomic E-state index is 6.03. The number of rotatable bonds is 6. The average Bonchev–Trinajstić information content (AvgIpc) is 2.81. The summed E-state index contributed by atoms with van der Waals surface area (Å²) in [4.78, 5) is 7.15. The van der Waals surface area contributed by atoms with E-state index in [1.807, 2.05) is 0 Å². The van der Waals surface area contributed by atoms with E-state index in [4.69, 9.17) is 5.73 Å². The molecule has 0 radical (unpaired) electrons. The summed E-state index contributed by atoms with van der Waals surface area (Å²) in [6.45, 7) is 5.14. The second-order valence-corrected chi connectivity index (χ2v) is 7.34. The summed E-state index contributed by atoms with van der Waals surface area (Å²) in [6, 6.07) is 8.68. The van der Waals surface area contributed by atoms with Gasteiger partial charge in [0, 0.05) is 13.1 Å². The second kappa shape index (κ2) is 11.0. The smallest absolute Gasteiger partial charge is 0.188 e. The normalized spacial score (nSPS) is 19.6. The monoisotopic (exact) mass is 456 g/mol. The Hall–Kier alpha value is -0.820. The fourth-order valence-corrected chi connectivity index (χ4v) is 3.57. The number of likely N-dealkylation sites (tertiary alicyclic amines) is 1. The summed E-state index contributed by atoms with van der Waals surface area (Å²) < 4.78 is 0. The van der Waals surface area contributed by atoms with Crippen molar-refractivity contribution in [2.75, 3.05) is 19.6 Å². The number of halogens is 1. The Balaban J connectivity index is 0.00000225. The predicted molar refractivity (Wildman–Crippen MR) is 116 cm³/mol. The molecule has 0 unspecified atom stereocenters. The van der Waals surface area contributed by atoms with E-state index in [-0.39, 0.29) is 24.0 Å². The Bertz CT molecular complexity index is 534. The van der Waals surface area contributed by atoms with Gasteiger partial charge in [-0.25, -0.2) is 4.99 Å². The largest absolute Gasteiger partial charge is 0.370 e. The van der Waals surface area contributed by atoms with Crippen LogP contribution in [0.3, 0.4) is 0 Å². The van der Waals surface area contributed by atoms with Crippen LogP contribution in [-0.4, -0.2) is 30.5 Å². The zero-order valence-corrected chi connectivity index (χ0v) is 17.6. The number of hydrogen-bond donors (Lipinski definition) is 2. The van der Waals surface area contributed by atoms with Gasteiger partial charge in [-0.3, -0.25) is 4.90 Å². The number of hydrogen-bond acceptors (Lipinski definition) is 2. The molecule has 1 heterocycles. The number of aliphatic imine (C=N–C) groups is 1. The van der Waals surface area contributed by atoms with Crippen molar-refractivity contribution in [3.63, 3.8) is 0 Å². The Kier molecular flexibility index (Phi) is 9.03. The Morgan fingerprint density at radius 1 is 1.04 bits per heavy atom. The quantitative estimate of drug-likeness (QED) is 0.388. The van der Waals surface area contributed by atoms with E-state index in [0.29, 0.717) is 12.5 Å². The third-order valence-corrected chi connectivity index (χ3v) is 5.43. The highest BCUT2D eigenvalue weighted by atomic mass is 127. The van der Waals surface area contributed by atoms with Crippen LogP contribution in [0.2, 0.25) is 0 Å². The highest BCUT2D eigenvalue weighted by Crippen LogP contribution is 2.25. The highest BCUT2D eigenvalue weighted by Gasteiger charge is 2.17. The fourth-order valence-electron chi connectivity index (χ4n) is 3.57. The standard InChI is InChI=1S/C20H32N4.HI/c21-20(22-14-17-8-7-9-17)23-15-18-10-3-4-11-19(18)16-24-12-5-1-2-6-13-24;/h3-4,10-11,17H,1-2,5-9,12-16H2,(H3,21,22,23);1H. The van der Waals surface area contributed by atoms with E-state index in [1.165, 1.54) is 69.2 Å². The molecule has 0 aromatic heterocycles. The maximum absolute atomic E-state index is 6.03.